The van der Waals surface area contributed by atoms with Gasteiger partial charge in [-0.1, -0.05) is 32.9 Å². The molecule has 2 aromatic rings. The Balaban J connectivity index is 2.23. The van der Waals surface area contributed by atoms with Gasteiger partial charge in [0, 0.05) is 25.5 Å². The Bertz CT molecular complexity index is 1040. The van der Waals surface area contributed by atoms with Gasteiger partial charge in [-0.05, 0) is 48.8 Å². The average Bonchev–Trinajstić information content (AvgIpc) is 3.01. The molecule has 1 aromatic heterocycles. The number of Topliss-reactive ketones (excluding diaryl/α,β-unsaturated/α-hetero) is 1. The number of methoxy groups -OCH3 is 1. The summed E-state index contributed by atoms with van der Waals surface area (Å²) < 4.78 is 5.48. The molecule has 2 heterocycles. The normalized spacial score (nSPS) is 18.5. The second-order valence-corrected chi connectivity index (χ2v) is 9.25. The molecule has 32 heavy (non-hydrogen) atoms. The van der Waals surface area contributed by atoms with Crippen LogP contribution in [0, 0.1) is 0 Å². The van der Waals surface area contributed by atoms with Gasteiger partial charge in [-0.3, -0.25) is 14.6 Å². The number of benzene rings is 1. The van der Waals surface area contributed by atoms with Gasteiger partial charge in [0.15, 0.2) is 0 Å². The summed E-state index contributed by atoms with van der Waals surface area (Å²) in [7, 11) is 5.31. The maximum Gasteiger partial charge on any atom is 0.295 e. The van der Waals surface area contributed by atoms with Gasteiger partial charge in [-0.15, -0.1) is 0 Å². The number of ketones is 1. The molecule has 7 heteroatoms. The monoisotopic (exact) mass is 437 g/mol. The van der Waals surface area contributed by atoms with E-state index in [1.807, 2.05) is 37.2 Å². The molecule has 0 aliphatic carbocycles. The highest BCUT2D eigenvalue weighted by atomic mass is 16.5. The van der Waals surface area contributed by atoms with Gasteiger partial charge in [0.05, 0.1) is 24.3 Å². The first kappa shape index (κ1) is 23.5. The van der Waals surface area contributed by atoms with Crippen molar-refractivity contribution in [1.29, 1.82) is 0 Å². The Labute approximate surface area is 189 Å². The number of hydrogen-bond acceptors (Lipinski definition) is 6. The van der Waals surface area contributed by atoms with Crippen molar-refractivity contribution in [3.63, 3.8) is 0 Å². The Morgan fingerprint density at radius 1 is 1.22 bits per heavy atom. The highest BCUT2D eigenvalue weighted by Gasteiger charge is 2.46. The van der Waals surface area contributed by atoms with Crippen molar-refractivity contribution in [2.75, 3.05) is 34.3 Å². The van der Waals surface area contributed by atoms with Crippen LogP contribution >= 0.6 is 0 Å². The van der Waals surface area contributed by atoms with E-state index >= 15 is 0 Å². The smallest absolute Gasteiger partial charge is 0.295 e. The second kappa shape index (κ2) is 9.12. The molecule has 1 saturated heterocycles. The van der Waals surface area contributed by atoms with Gasteiger partial charge < -0.3 is 19.6 Å². The van der Waals surface area contributed by atoms with E-state index in [0.717, 1.165) is 5.56 Å². The molecule has 0 radical (unpaired) electrons. The van der Waals surface area contributed by atoms with E-state index in [-0.39, 0.29) is 16.7 Å². The third-order valence-corrected chi connectivity index (χ3v) is 5.65. The number of pyridine rings is 1. The van der Waals surface area contributed by atoms with Crippen molar-refractivity contribution in [1.82, 2.24) is 14.8 Å². The molecular weight excluding hydrogens is 406 g/mol. The molecule has 1 aliphatic rings. The summed E-state index contributed by atoms with van der Waals surface area (Å²) in [6, 6.07) is 8.36. The van der Waals surface area contributed by atoms with Crippen molar-refractivity contribution in [2.24, 2.45) is 0 Å². The fraction of sp³-hybridized carbons (Fsp3) is 0.400. The van der Waals surface area contributed by atoms with Gasteiger partial charge >= 0.3 is 0 Å². The minimum atomic E-state index is -0.730. The maximum absolute atomic E-state index is 13.2. The van der Waals surface area contributed by atoms with Crippen molar-refractivity contribution >= 4 is 17.4 Å². The number of aliphatic hydroxyl groups is 1. The topological polar surface area (TPSA) is 83.0 Å². The first-order valence-corrected chi connectivity index (χ1v) is 10.6. The predicted octanol–water partition coefficient (Wildman–Crippen LogP) is 3.37. The largest absolute Gasteiger partial charge is 0.507 e. The van der Waals surface area contributed by atoms with E-state index < -0.39 is 17.7 Å². The Morgan fingerprint density at radius 3 is 2.50 bits per heavy atom. The quantitative estimate of drug-likeness (QED) is 0.424. The van der Waals surface area contributed by atoms with E-state index in [1.54, 1.807) is 24.5 Å². The zero-order valence-corrected chi connectivity index (χ0v) is 19.5. The summed E-state index contributed by atoms with van der Waals surface area (Å²) in [5.41, 5.74) is 1.89. The second-order valence-electron chi connectivity index (χ2n) is 9.25. The lowest BCUT2D eigenvalue weighted by atomic mass is 9.85. The SMILES string of the molecule is COc1ccc(C(C)(C)C)cc1/C(O)=C1\C(=O)C(=O)N(CCN(C)C)C1c1cccnc1. The highest BCUT2D eigenvalue weighted by molar-refractivity contribution is 6.46. The van der Waals surface area contributed by atoms with Gasteiger partial charge in [0.1, 0.15) is 11.5 Å². The van der Waals surface area contributed by atoms with Crippen LogP contribution in [0.2, 0.25) is 0 Å². The standard InChI is InChI=1S/C25H31N3O4/c1-25(2,3)17-9-10-19(32-6)18(14-17)22(29)20-21(16-8-7-11-26-15-16)28(13-12-27(4)5)24(31)23(20)30/h7-11,14-15,21,29H,12-13H2,1-6H3/b22-20+. The van der Waals surface area contributed by atoms with Crippen LogP contribution in [0.25, 0.3) is 5.76 Å². The Morgan fingerprint density at radius 2 is 1.94 bits per heavy atom. The lowest BCUT2D eigenvalue weighted by molar-refractivity contribution is -0.140. The number of carbonyl (C=O) groups is 2. The van der Waals surface area contributed by atoms with Crippen LogP contribution in [0.3, 0.4) is 0 Å². The number of carbonyl (C=O) groups excluding carboxylic acids is 2. The fourth-order valence-corrected chi connectivity index (χ4v) is 3.81. The van der Waals surface area contributed by atoms with E-state index in [1.165, 1.54) is 12.0 Å². The fourth-order valence-electron chi connectivity index (χ4n) is 3.81. The third kappa shape index (κ3) is 4.53. The average molecular weight is 438 g/mol. The molecule has 1 N–H and O–H groups in total. The summed E-state index contributed by atoms with van der Waals surface area (Å²) in [6.07, 6.45) is 3.25. The number of likely N-dealkylation sites (tertiary alicyclic amines) is 1. The molecule has 1 aromatic carbocycles. The highest BCUT2D eigenvalue weighted by Crippen LogP contribution is 2.41. The Kier molecular flexibility index (Phi) is 6.69. The minimum absolute atomic E-state index is 0.0473. The van der Waals surface area contributed by atoms with E-state index in [9.17, 15) is 14.7 Å². The first-order chi connectivity index (χ1) is 15.1. The number of hydrogen-bond donors (Lipinski definition) is 1. The molecule has 1 unspecified atom stereocenters. The summed E-state index contributed by atoms with van der Waals surface area (Å²) in [5, 5.41) is 11.4. The molecule has 0 bridgehead atoms. The van der Waals surface area contributed by atoms with Crippen LogP contribution in [0.5, 0.6) is 5.75 Å². The van der Waals surface area contributed by atoms with Crippen molar-refractivity contribution in [2.45, 2.75) is 32.2 Å². The number of amides is 1. The van der Waals surface area contributed by atoms with Crippen LogP contribution in [-0.2, 0) is 15.0 Å². The summed E-state index contributed by atoms with van der Waals surface area (Å²) in [5.74, 6) is -1.15. The number of aliphatic hydroxyl groups excluding tert-OH is 1. The molecule has 3 rings (SSSR count). The van der Waals surface area contributed by atoms with Crippen LogP contribution in [0.4, 0.5) is 0 Å². The van der Waals surface area contributed by atoms with Crippen LogP contribution in [0.1, 0.15) is 43.5 Å². The number of rotatable bonds is 6. The zero-order chi connectivity index (χ0) is 23.6. The van der Waals surface area contributed by atoms with Crippen molar-refractivity contribution in [3.05, 3.63) is 65.0 Å². The molecule has 7 nitrogen and oxygen atoms in total. The van der Waals surface area contributed by atoms with Crippen LogP contribution < -0.4 is 4.74 Å². The third-order valence-electron chi connectivity index (χ3n) is 5.65. The van der Waals surface area contributed by atoms with Crippen molar-refractivity contribution < 1.29 is 19.4 Å². The lowest BCUT2D eigenvalue weighted by Gasteiger charge is -2.26. The van der Waals surface area contributed by atoms with Crippen LogP contribution in [0.15, 0.2) is 48.3 Å². The molecule has 1 atom stereocenters. The Hall–Kier alpha value is -3.19. The van der Waals surface area contributed by atoms with Crippen molar-refractivity contribution in [3.8, 4) is 5.75 Å². The molecule has 170 valence electrons. The number of nitrogens with zero attached hydrogens (tertiary/aromatic N) is 3. The lowest BCUT2D eigenvalue weighted by Crippen LogP contribution is -2.35. The zero-order valence-electron chi connectivity index (χ0n) is 19.5. The van der Waals surface area contributed by atoms with Gasteiger partial charge in [0.2, 0.25) is 0 Å². The minimum Gasteiger partial charge on any atom is -0.507 e. The van der Waals surface area contributed by atoms with Crippen LogP contribution in [-0.4, -0.2) is 65.9 Å². The van der Waals surface area contributed by atoms with Gasteiger partial charge in [-0.25, -0.2) is 0 Å². The molecule has 1 fully saturated rings. The number of likely N-dealkylation sites (N-methyl/N-ethyl adjacent to an activating group) is 1. The summed E-state index contributed by atoms with van der Waals surface area (Å²) in [4.78, 5) is 33.8. The first-order valence-electron chi connectivity index (χ1n) is 10.6. The molecule has 0 spiro atoms. The molecule has 0 saturated carbocycles. The molecule has 1 amide bonds. The van der Waals surface area contributed by atoms with E-state index in [2.05, 4.69) is 25.8 Å². The predicted molar refractivity (Wildman–Crippen MR) is 123 cm³/mol. The number of aromatic nitrogens is 1. The van der Waals surface area contributed by atoms with Gasteiger partial charge in [-0.2, -0.15) is 0 Å². The van der Waals surface area contributed by atoms with E-state index in [4.69, 9.17) is 4.74 Å². The molecule has 1 aliphatic heterocycles. The summed E-state index contributed by atoms with van der Waals surface area (Å²) >= 11 is 0. The van der Waals surface area contributed by atoms with E-state index in [0.29, 0.717) is 30.0 Å². The van der Waals surface area contributed by atoms with Gasteiger partial charge in [0.25, 0.3) is 11.7 Å². The number of ether oxygens (including phenoxy) is 1. The summed E-state index contributed by atoms with van der Waals surface area (Å²) in [6.45, 7) is 7.11. The maximum atomic E-state index is 13.2. The molecular formula is C25H31N3O4.